The zero-order valence-electron chi connectivity index (χ0n) is 31.1. The lowest BCUT2D eigenvalue weighted by molar-refractivity contribution is -0.143. The van der Waals surface area contributed by atoms with Crippen molar-refractivity contribution in [1.29, 1.82) is 5.26 Å². The van der Waals surface area contributed by atoms with Crippen LogP contribution in [0.2, 0.25) is 10.0 Å². The van der Waals surface area contributed by atoms with Crippen LogP contribution in [0.3, 0.4) is 0 Å². The molecular weight excluding hydrogens is 777 g/mol. The number of rotatable bonds is 12. The highest BCUT2D eigenvalue weighted by Gasteiger charge is 2.36. The molecular formula is C46H37Cl2N3O7. The molecule has 2 aliphatic rings. The van der Waals surface area contributed by atoms with Crippen LogP contribution in [0.25, 0.3) is 11.1 Å². The van der Waals surface area contributed by atoms with E-state index in [4.69, 9.17) is 47.1 Å². The van der Waals surface area contributed by atoms with Crippen molar-refractivity contribution in [3.63, 3.8) is 0 Å². The fourth-order valence-corrected chi connectivity index (χ4v) is 7.57. The molecule has 1 amide bonds. The first kappa shape index (κ1) is 38.6. The monoisotopic (exact) mass is 813 g/mol. The van der Waals surface area contributed by atoms with Gasteiger partial charge < -0.3 is 29.1 Å². The van der Waals surface area contributed by atoms with Gasteiger partial charge in [0.1, 0.15) is 30.8 Å². The molecule has 2 N–H and O–H groups in total. The lowest BCUT2D eigenvalue weighted by Gasteiger charge is -2.37. The molecule has 2 aliphatic heterocycles. The maximum Gasteiger partial charge on any atom is 0.326 e. The van der Waals surface area contributed by atoms with Crippen LogP contribution in [0.1, 0.15) is 45.2 Å². The van der Waals surface area contributed by atoms with Crippen molar-refractivity contribution in [1.82, 2.24) is 10.2 Å². The molecule has 0 bridgehead atoms. The van der Waals surface area contributed by atoms with Crippen LogP contribution in [0.4, 0.5) is 0 Å². The number of hydrogen-bond acceptors (Lipinski definition) is 8. The summed E-state index contributed by atoms with van der Waals surface area (Å²) in [7, 11) is 0. The number of benzene rings is 5. The minimum absolute atomic E-state index is 0.102. The van der Waals surface area contributed by atoms with Gasteiger partial charge in [-0.15, -0.1) is 0 Å². The Balaban J connectivity index is 0.945. The summed E-state index contributed by atoms with van der Waals surface area (Å²) in [4.78, 5) is 28.5. The number of carbonyl (C=O) groups excluding carboxylic acids is 1. The Labute approximate surface area is 345 Å². The number of hydrogen-bond donors (Lipinski definition) is 2. The molecule has 12 heteroatoms. The molecule has 0 fully saturated rings. The Morgan fingerprint density at radius 1 is 0.879 bits per heavy atom. The number of carboxylic acid groups (broad SMARTS) is 1. The third kappa shape index (κ3) is 8.82. The predicted molar refractivity (Wildman–Crippen MR) is 218 cm³/mol. The summed E-state index contributed by atoms with van der Waals surface area (Å²) in [6, 6.07) is 35.7. The fourth-order valence-electron chi connectivity index (χ4n) is 7.25. The summed E-state index contributed by atoms with van der Waals surface area (Å²) >= 11 is 12.2. The highest BCUT2D eigenvalue weighted by atomic mass is 35.5. The van der Waals surface area contributed by atoms with Crippen molar-refractivity contribution >= 4 is 35.1 Å². The van der Waals surface area contributed by atoms with Crippen LogP contribution in [-0.4, -0.2) is 40.6 Å². The summed E-state index contributed by atoms with van der Waals surface area (Å²) < 4.78 is 24.3. The number of nitrogens with zero attached hydrogens (tertiary/aromatic N) is 2. The predicted octanol–water partition coefficient (Wildman–Crippen LogP) is 8.96. The number of nitriles is 1. The Kier molecular flexibility index (Phi) is 11.4. The number of aliphatic carboxylic acids is 1. The van der Waals surface area contributed by atoms with Crippen LogP contribution in [0.15, 0.2) is 126 Å². The van der Waals surface area contributed by atoms with E-state index in [-0.39, 0.29) is 12.5 Å². The van der Waals surface area contributed by atoms with E-state index in [2.05, 4.69) is 11.4 Å². The van der Waals surface area contributed by atoms with Gasteiger partial charge in [0, 0.05) is 13.0 Å². The number of nitrogens with one attached hydrogen (secondary N) is 1. The number of carboxylic acids is 1. The van der Waals surface area contributed by atoms with Crippen LogP contribution < -0.4 is 19.5 Å². The minimum Gasteiger partial charge on any atom is -0.489 e. The molecule has 0 spiro atoms. The summed E-state index contributed by atoms with van der Waals surface area (Å²) in [5.41, 5.74) is 6.94. The number of ether oxygens (including phenoxy) is 3. The van der Waals surface area contributed by atoms with Crippen molar-refractivity contribution in [2.24, 2.45) is 0 Å². The van der Waals surface area contributed by atoms with Gasteiger partial charge in [-0.3, -0.25) is 9.69 Å². The molecule has 5 aromatic carbocycles. The Morgan fingerprint density at radius 3 is 2.29 bits per heavy atom. The van der Waals surface area contributed by atoms with Gasteiger partial charge in [-0.25, -0.2) is 4.79 Å². The van der Waals surface area contributed by atoms with Crippen molar-refractivity contribution < 1.29 is 33.3 Å². The van der Waals surface area contributed by atoms with Crippen molar-refractivity contribution in [3.05, 3.63) is 171 Å². The van der Waals surface area contributed by atoms with E-state index >= 15 is 0 Å². The molecule has 6 aromatic rings. The summed E-state index contributed by atoms with van der Waals surface area (Å²) in [5, 5.41) is 23.1. The molecule has 3 heterocycles. The minimum atomic E-state index is -1.15. The third-order valence-electron chi connectivity index (χ3n) is 10.4. The van der Waals surface area contributed by atoms with E-state index in [9.17, 15) is 14.7 Å². The standard InChI is InChI=1S/C46H37Cl2N3O7/c47-38-16-7-30(18-39(38)48)26-56-36-14-12-33(13-15-36)44-27-57-42-21-34-20-41(51(25-37-2-1-17-55-37)24-35(34)22-43(42)58-44)45(52)50-40(46(53)54)19-28-3-8-31(9-4-28)32-10-5-29(23-49)6-11-32/h1-18,21-22,40-41,44H,19-20,24-27H2,(H,50,52)(H,53,54). The molecule has 1 aromatic heterocycles. The molecule has 10 nitrogen and oxygen atoms in total. The topological polar surface area (TPSA) is 134 Å². The first-order chi connectivity index (χ1) is 28.2. The largest absolute Gasteiger partial charge is 0.489 e. The van der Waals surface area contributed by atoms with E-state index in [1.165, 1.54) is 0 Å². The fraction of sp³-hybridized carbons (Fsp3) is 0.196. The molecule has 3 atom stereocenters. The van der Waals surface area contributed by atoms with E-state index in [0.29, 0.717) is 71.3 Å². The second-order valence-electron chi connectivity index (χ2n) is 14.3. The lowest BCUT2D eigenvalue weighted by atomic mass is 9.92. The second-order valence-corrected chi connectivity index (χ2v) is 15.1. The van der Waals surface area contributed by atoms with E-state index in [1.54, 1.807) is 36.6 Å². The van der Waals surface area contributed by atoms with Crippen LogP contribution in [0.5, 0.6) is 17.2 Å². The van der Waals surface area contributed by atoms with Gasteiger partial charge in [0.2, 0.25) is 5.91 Å². The van der Waals surface area contributed by atoms with Gasteiger partial charge in [0.05, 0.1) is 40.5 Å². The molecule has 0 saturated heterocycles. The van der Waals surface area contributed by atoms with Gasteiger partial charge in [-0.1, -0.05) is 77.8 Å². The molecule has 3 unspecified atom stereocenters. The number of carbonyl (C=O) groups is 2. The normalized spacial score (nSPS) is 16.4. The Morgan fingerprint density at radius 2 is 1.60 bits per heavy atom. The van der Waals surface area contributed by atoms with Gasteiger partial charge >= 0.3 is 5.97 Å². The Bertz CT molecular complexity index is 2470. The summed E-state index contributed by atoms with van der Waals surface area (Å²) in [6.07, 6.45) is 1.67. The van der Waals surface area contributed by atoms with Gasteiger partial charge in [-0.2, -0.15) is 5.26 Å². The van der Waals surface area contributed by atoms with Crippen molar-refractivity contribution in [2.75, 3.05) is 6.61 Å². The molecule has 58 heavy (non-hydrogen) atoms. The highest BCUT2D eigenvalue weighted by molar-refractivity contribution is 6.42. The highest BCUT2D eigenvalue weighted by Crippen LogP contribution is 2.41. The smallest absolute Gasteiger partial charge is 0.326 e. The lowest BCUT2D eigenvalue weighted by Crippen LogP contribution is -2.54. The average molecular weight is 815 g/mol. The van der Waals surface area contributed by atoms with Gasteiger partial charge in [0.15, 0.2) is 17.6 Å². The molecule has 0 saturated carbocycles. The summed E-state index contributed by atoms with van der Waals surface area (Å²) in [6.45, 7) is 1.37. The third-order valence-corrected chi connectivity index (χ3v) is 11.1. The zero-order valence-corrected chi connectivity index (χ0v) is 32.6. The quantitative estimate of drug-likeness (QED) is 0.124. The van der Waals surface area contributed by atoms with Crippen molar-refractivity contribution in [3.8, 4) is 34.4 Å². The number of halogens is 2. The average Bonchev–Trinajstić information content (AvgIpc) is 3.76. The first-order valence-corrected chi connectivity index (χ1v) is 19.5. The second kappa shape index (κ2) is 17.1. The van der Waals surface area contributed by atoms with Crippen LogP contribution >= 0.6 is 23.2 Å². The maximum atomic E-state index is 14.1. The maximum absolute atomic E-state index is 14.1. The summed E-state index contributed by atoms with van der Waals surface area (Å²) in [5.74, 6) is 1.05. The SMILES string of the molecule is N#Cc1ccc(-c2ccc(CC(NC(=O)C3Cc4cc5c(cc4CN3Cc3ccco3)OC(c3ccc(OCc4ccc(Cl)c(Cl)c4)cc3)CO5)C(=O)O)cc2)cc1. The first-order valence-electron chi connectivity index (χ1n) is 18.7. The number of fused-ring (bicyclic) bond motifs is 2. The van der Waals surface area contributed by atoms with Crippen LogP contribution in [0, 0.1) is 11.3 Å². The zero-order chi connectivity index (χ0) is 40.2. The number of furan rings is 1. The molecule has 292 valence electrons. The molecule has 0 radical (unpaired) electrons. The van der Waals surface area contributed by atoms with Crippen molar-refractivity contribution in [2.45, 2.75) is 50.7 Å². The Hall–Kier alpha value is -6.25. The number of amides is 1. The van der Waals surface area contributed by atoms with Crippen LogP contribution in [-0.2, 0) is 42.1 Å². The molecule has 8 rings (SSSR count). The molecule has 0 aliphatic carbocycles. The van der Waals surface area contributed by atoms with E-state index in [1.807, 2.05) is 89.8 Å². The van der Waals surface area contributed by atoms with E-state index in [0.717, 1.165) is 38.9 Å². The van der Waals surface area contributed by atoms with Gasteiger partial charge in [0.25, 0.3) is 0 Å². The van der Waals surface area contributed by atoms with Gasteiger partial charge in [-0.05, 0) is 106 Å². The van der Waals surface area contributed by atoms with E-state index < -0.39 is 24.0 Å².